The van der Waals surface area contributed by atoms with Crippen molar-refractivity contribution in [3.63, 3.8) is 0 Å². The highest BCUT2D eigenvalue weighted by atomic mass is 16.5. The van der Waals surface area contributed by atoms with E-state index in [1.807, 2.05) is 18.2 Å². The van der Waals surface area contributed by atoms with Crippen LogP contribution in [0.15, 0.2) is 30.3 Å². The zero-order chi connectivity index (χ0) is 14.1. The van der Waals surface area contributed by atoms with Crippen LogP contribution in [0.5, 0.6) is 11.6 Å². The number of hydrogen-bond acceptors (Lipinski definition) is 3. The predicted octanol–water partition coefficient (Wildman–Crippen LogP) is 2.48. The average Bonchev–Trinajstić information content (AvgIpc) is 2.80. The minimum Gasteiger partial charge on any atom is -0.446 e. The summed E-state index contributed by atoms with van der Waals surface area (Å²) in [4.78, 5) is 7.64. The standard InChI is InChI=1S/C15H13BN2O2/c1-10-14(17-2)5-6-15(18-10)20-12-3-4-13-11(9-12)7-8-16(13)19/h3-6,9,19H,7-8H2,1H3. The van der Waals surface area contributed by atoms with E-state index in [1.54, 1.807) is 19.1 Å². The second kappa shape index (κ2) is 4.99. The fraction of sp³-hybridized carbons (Fsp3) is 0.200. The number of hydrogen-bond donors (Lipinski definition) is 1. The molecule has 1 aromatic heterocycles. The van der Waals surface area contributed by atoms with Crippen LogP contribution in [-0.2, 0) is 6.42 Å². The quantitative estimate of drug-likeness (QED) is 0.669. The molecule has 3 rings (SSSR count). The van der Waals surface area contributed by atoms with Crippen LogP contribution in [0.4, 0.5) is 5.69 Å². The lowest BCUT2D eigenvalue weighted by molar-refractivity contribution is 0.461. The lowest BCUT2D eigenvalue weighted by Crippen LogP contribution is -2.25. The molecule has 0 amide bonds. The van der Waals surface area contributed by atoms with Crippen LogP contribution in [0.25, 0.3) is 4.85 Å². The second-order valence-electron chi connectivity index (χ2n) is 4.88. The summed E-state index contributed by atoms with van der Waals surface area (Å²) < 4.78 is 5.72. The van der Waals surface area contributed by atoms with Crippen LogP contribution < -0.4 is 10.2 Å². The molecule has 0 unspecified atom stereocenters. The molecule has 1 aromatic carbocycles. The zero-order valence-electron chi connectivity index (χ0n) is 11.1. The van der Waals surface area contributed by atoms with Gasteiger partial charge in [0, 0.05) is 5.69 Å². The number of nitrogens with zero attached hydrogens (tertiary/aromatic N) is 2. The first-order valence-electron chi connectivity index (χ1n) is 6.51. The molecule has 0 radical (unpaired) electrons. The van der Waals surface area contributed by atoms with Gasteiger partial charge in [-0.25, -0.2) is 9.83 Å². The first-order chi connectivity index (χ1) is 9.67. The summed E-state index contributed by atoms with van der Waals surface area (Å²) in [6, 6.07) is 9.10. The van der Waals surface area contributed by atoms with Crippen LogP contribution in [0, 0.1) is 13.5 Å². The highest BCUT2D eigenvalue weighted by molar-refractivity contribution is 6.68. The third-order valence-corrected chi connectivity index (χ3v) is 3.54. The Morgan fingerprint density at radius 2 is 2.20 bits per heavy atom. The van der Waals surface area contributed by atoms with E-state index in [1.165, 1.54) is 0 Å². The second-order valence-corrected chi connectivity index (χ2v) is 4.88. The van der Waals surface area contributed by atoms with Crippen molar-refractivity contribution in [2.24, 2.45) is 0 Å². The first-order valence-corrected chi connectivity index (χ1v) is 6.51. The van der Waals surface area contributed by atoms with Gasteiger partial charge in [-0.2, -0.15) is 0 Å². The highest BCUT2D eigenvalue weighted by Gasteiger charge is 2.24. The van der Waals surface area contributed by atoms with Crippen molar-refractivity contribution in [2.45, 2.75) is 19.7 Å². The van der Waals surface area contributed by atoms with Gasteiger partial charge in [-0.1, -0.05) is 6.07 Å². The smallest absolute Gasteiger partial charge is 0.324 e. The normalized spacial score (nSPS) is 12.9. The molecule has 0 saturated carbocycles. The van der Waals surface area contributed by atoms with Gasteiger partial charge in [0.05, 0.1) is 6.57 Å². The molecule has 20 heavy (non-hydrogen) atoms. The van der Waals surface area contributed by atoms with Crippen LogP contribution in [0.2, 0.25) is 6.32 Å². The van der Waals surface area contributed by atoms with Gasteiger partial charge < -0.3 is 9.76 Å². The number of pyridine rings is 1. The zero-order valence-corrected chi connectivity index (χ0v) is 11.1. The third-order valence-electron chi connectivity index (χ3n) is 3.54. The number of aromatic nitrogens is 1. The molecular weight excluding hydrogens is 251 g/mol. The van der Waals surface area contributed by atoms with Gasteiger partial charge in [-0.15, -0.1) is 0 Å². The van der Waals surface area contributed by atoms with E-state index in [-0.39, 0.29) is 6.92 Å². The van der Waals surface area contributed by atoms with E-state index < -0.39 is 0 Å². The topological polar surface area (TPSA) is 46.7 Å². The van der Waals surface area contributed by atoms with Crippen molar-refractivity contribution in [3.05, 3.63) is 53.0 Å². The summed E-state index contributed by atoms with van der Waals surface area (Å²) in [5.41, 5.74) is 3.32. The van der Waals surface area contributed by atoms with E-state index in [0.717, 1.165) is 23.8 Å². The molecule has 1 N–H and O–H groups in total. The maximum absolute atomic E-state index is 9.77. The molecule has 1 aliphatic heterocycles. The van der Waals surface area contributed by atoms with Gasteiger partial charge >= 0.3 is 6.92 Å². The van der Waals surface area contributed by atoms with Crippen molar-refractivity contribution >= 4 is 18.1 Å². The molecule has 0 fully saturated rings. The Kier molecular flexibility index (Phi) is 3.17. The fourth-order valence-electron chi connectivity index (χ4n) is 2.46. The fourth-order valence-corrected chi connectivity index (χ4v) is 2.46. The monoisotopic (exact) mass is 264 g/mol. The number of benzene rings is 1. The Hall–Kier alpha value is -2.32. The molecule has 2 heterocycles. The molecule has 98 valence electrons. The molecule has 0 atom stereocenters. The third kappa shape index (κ3) is 2.26. The van der Waals surface area contributed by atoms with Crippen molar-refractivity contribution in [3.8, 4) is 11.6 Å². The van der Waals surface area contributed by atoms with Gasteiger partial charge in [0.15, 0.2) is 0 Å². The number of ether oxygens (including phenoxy) is 1. The minimum absolute atomic E-state index is 0.350. The van der Waals surface area contributed by atoms with Crippen molar-refractivity contribution in [1.29, 1.82) is 0 Å². The maximum atomic E-state index is 9.77. The van der Waals surface area contributed by atoms with Crippen molar-refractivity contribution in [2.75, 3.05) is 0 Å². The molecule has 1 aliphatic rings. The molecule has 0 bridgehead atoms. The number of fused-ring (bicyclic) bond motifs is 1. The van der Waals surface area contributed by atoms with Gasteiger partial charge in [-0.3, -0.25) is 0 Å². The molecule has 0 saturated heterocycles. The van der Waals surface area contributed by atoms with Crippen LogP contribution in [-0.4, -0.2) is 16.9 Å². The summed E-state index contributed by atoms with van der Waals surface area (Å²) >= 11 is 0. The summed E-state index contributed by atoms with van der Waals surface area (Å²) in [5, 5.41) is 9.77. The molecule has 0 aliphatic carbocycles. The summed E-state index contributed by atoms with van der Waals surface area (Å²) in [6.45, 7) is 8.44. The van der Waals surface area contributed by atoms with Crippen LogP contribution in [0.3, 0.4) is 0 Å². The van der Waals surface area contributed by atoms with E-state index >= 15 is 0 Å². The van der Waals surface area contributed by atoms with E-state index in [9.17, 15) is 5.02 Å². The van der Waals surface area contributed by atoms with Gasteiger partial charge in [0.25, 0.3) is 0 Å². The Morgan fingerprint density at radius 1 is 1.35 bits per heavy atom. The van der Waals surface area contributed by atoms with E-state index in [4.69, 9.17) is 11.3 Å². The average molecular weight is 264 g/mol. The lowest BCUT2D eigenvalue weighted by atomic mass is 9.63. The SMILES string of the molecule is [C-]#[N+]c1ccc(Oc2ccc3c(c2)CCB3O)nc1C. The molecular formula is C15H13BN2O2. The molecule has 5 heteroatoms. The van der Waals surface area contributed by atoms with E-state index in [2.05, 4.69) is 9.83 Å². The Balaban J connectivity index is 1.85. The number of rotatable bonds is 2. The molecule has 4 nitrogen and oxygen atoms in total. The summed E-state index contributed by atoms with van der Waals surface area (Å²) in [7, 11) is 0. The van der Waals surface area contributed by atoms with Crippen LogP contribution in [0.1, 0.15) is 11.3 Å². The van der Waals surface area contributed by atoms with Gasteiger partial charge in [0.1, 0.15) is 5.75 Å². The van der Waals surface area contributed by atoms with Crippen molar-refractivity contribution < 1.29 is 9.76 Å². The Bertz CT molecular complexity index is 710. The van der Waals surface area contributed by atoms with Gasteiger partial charge in [0.2, 0.25) is 11.6 Å². The Morgan fingerprint density at radius 3 is 2.95 bits per heavy atom. The Labute approximate surface area is 118 Å². The molecule has 0 spiro atoms. The summed E-state index contributed by atoms with van der Waals surface area (Å²) in [5.74, 6) is 1.19. The number of aryl methyl sites for hydroxylation is 2. The van der Waals surface area contributed by atoms with Crippen molar-refractivity contribution in [1.82, 2.24) is 4.98 Å². The minimum atomic E-state index is -0.350. The lowest BCUT2D eigenvalue weighted by Gasteiger charge is -2.08. The predicted molar refractivity (Wildman–Crippen MR) is 77.9 cm³/mol. The maximum Gasteiger partial charge on any atom is 0.324 e. The molecule has 2 aromatic rings. The highest BCUT2D eigenvalue weighted by Crippen LogP contribution is 2.26. The van der Waals surface area contributed by atoms with E-state index in [0.29, 0.717) is 23.0 Å². The largest absolute Gasteiger partial charge is 0.446 e. The van der Waals surface area contributed by atoms with Crippen LogP contribution >= 0.6 is 0 Å². The van der Waals surface area contributed by atoms with Gasteiger partial charge in [-0.05, 0) is 55.0 Å². The first kappa shape index (κ1) is 12.7. The summed E-state index contributed by atoms with van der Waals surface area (Å²) in [6.07, 6.45) is 1.65.